The molecule has 0 aliphatic carbocycles. The maximum Gasteiger partial charge on any atom is 0.125 e. The summed E-state index contributed by atoms with van der Waals surface area (Å²) in [7, 11) is 0. The van der Waals surface area contributed by atoms with Crippen LogP contribution in [0.5, 0.6) is 0 Å². The van der Waals surface area contributed by atoms with E-state index in [1.54, 1.807) is 0 Å². The van der Waals surface area contributed by atoms with Gasteiger partial charge < -0.3 is 4.79 Å². The molecule has 1 heterocycles. The highest BCUT2D eigenvalue weighted by Crippen LogP contribution is 2.05. The van der Waals surface area contributed by atoms with Crippen molar-refractivity contribution in [3.8, 4) is 0 Å². The lowest BCUT2D eigenvalue weighted by molar-refractivity contribution is -0.107. The summed E-state index contributed by atoms with van der Waals surface area (Å²) in [6.45, 7) is 4.28. The highest BCUT2D eigenvalue weighted by Gasteiger charge is 2.00. The first kappa shape index (κ1) is 9.84. The molecule has 0 radical (unpaired) electrons. The Morgan fingerprint density at radius 3 is 2.69 bits per heavy atom. The van der Waals surface area contributed by atoms with E-state index in [9.17, 15) is 4.79 Å². The lowest BCUT2D eigenvalue weighted by atomic mass is 10.1. The Balaban J connectivity index is 2.72. The Morgan fingerprint density at radius 2 is 2.08 bits per heavy atom. The Bertz CT molecular complexity index is 284. The molecule has 0 aromatic carbocycles. The van der Waals surface area contributed by atoms with Crippen LogP contribution in [-0.2, 0) is 17.6 Å². The normalized spacial score (nSPS) is 10.4. The second-order valence-electron chi connectivity index (χ2n) is 3.47. The summed E-state index contributed by atoms with van der Waals surface area (Å²) in [6, 6.07) is 1.90. The fraction of sp³-hybridized carbons (Fsp3) is 0.500. The van der Waals surface area contributed by atoms with Gasteiger partial charge in [-0.15, -0.1) is 0 Å². The topological polar surface area (TPSA) is 42.9 Å². The molecule has 0 fully saturated rings. The predicted molar refractivity (Wildman–Crippen MR) is 50.3 cm³/mol. The van der Waals surface area contributed by atoms with E-state index in [1.807, 2.05) is 6.07 Å². The van der Waals surface area contributed by atoms with Gasteiger partial charge in [-0.05, 0) is 18.4 Å². The number of carbonyl (C=O) groups excluding carboxylic acids is 1. The van der Waals surface area contributed by atoms with Gasteiger partial charge in [0.2, 0.25) is 0 Å². The molecular weight excluding hydrogens is 164 g/mol. The molecule has 1 aromatic rings. The maximum absolute atomic E-state index is 10.2. The molecule has 0 saturated heterocycles. The predicted octanol–water partition coefficient (Wildman–Crippen LogP) is 1.42. The van der Waals surface area contributed by atoms with E-state index in [0.29, 0.717) is 12.3 Å². The third-order valence-corrected chi connectivity index (χ3v) is 1.69. The molecule has 0 atom stereocenters. The molecule has 0 spiro atoms. The zero-order chi connectivity index (χ0) is 9.68. The Kier molecular flexibility index (Phi) is 3.55. The number of carbonyl (C=O) groups is 1. The van der Waals surface area contributed by atoms with Crippen molar-refractivity contribution in [1.29, 1.82) is 0 Å². The first-order valence-corrected chi connectivity index (χ1v) is 4.45. The molecule has 0 aliphatic heterocycles. The first-order chi connectivity index (χ1) is 6.22. The van der Waals surface area contributed by atoms with Gasteiger partial charge in [0.05, 0.1) is 5.69 Å². The third kappa shape index (κ3) is 3.32. The van der Waals surface area contributed by atoms with Gasteiger partial charge in [0.1, 0.15) is 12.6 Å². The summed E-state index contributed by atoms with van der Waals surface area (Å²) in [6.07, 6.45) is 3.71. The molecule has 13 heavy (non-hydrogen) atoms. The molecular formula is C10H14N2O. The highest BCUT2D eigenvalue weighted by atomic mass is 16.1. The Morgan fingerprint density at radius 1 is 1.38 bits per heavy atom. The van der Waals surface area contributed by atoms with E-state index < -0.39 is 0 Å². The first-order valence-electron chi connectivity index (χ1n) is 4.45. The quantitative estimate of drug-likeness (QED) is 0.655. The molecule has 0 amide bonds. The number of hydrogen-bond donors (Lipinski definition) is 0. The Hall–Kier alpha value is -1.25. The van der Waals surface area contributed by atoms with Gasteiger partial charge in [0, 0.05) is 12.1 Å². The summed E-state index contributed by atoms with van der Waals surface area (Å²) in [5.74, 6) is 0.582. The lowest BCUT2D eigenvalue weighted by Gasteiger charge is -2.03. The van der Waals surface area contributed by atoms with Crippen molar-refractivity contribution < 1.29 is 4.79 Å². The number of aromatic nitrogens is 2. The molecule has 0 aliphatic rings. The zero-order valence-electron chi connectivity index (χ0n) is 8.03. The minimum Gasteiger partial charge on any atom is -0.303 e. The van der Waals surface area contributed by atoms with Crippen molar-refractivity contribution in [2.75, 3.05) is 0 Å². The largest absolute Gasteiger partial charge is 0.303 e. The third-order valence-electron chi connectivity index (χ3n) is 1.69. The summed E-state index contributed by atoms with van der Waals surface area (Å²) in [4.78, 5) is 18.4. The number of rotatable bonds is 4. The molecule has 3 heteroatoms. The standard InChI is InChI=1S/C10H14N2O/c1-8(2)5-10-6-9(3-4-13)11-7-12-10/h4,6-8H,3,5H2,1-2H3. The summed E-state index contributed by atoms with van der Waals surface area (Å²) in [5, 5.41) is 0. The fourth-order valence-electron chi connectivity index (χ4n) is 1.17. The van der Waals surface area contributed by atoms with Crippen molar-refractivity contribution in [3.63, 3.8) is 0 Å². The number of aldehydes is 1. The zero-order valence-corrected chi connectivity index (χ0v) is 8.03. The SMILES string of the molecule is CC(C)Cc1cc(CC=O)ncn1. The fourth-order valence-corrected chi connectivity index (χ4v) is 1.17. The van der Waals surface area contributed by atoms with Crippen LogP contribution in [0.15, 0.2) is 12.4 Å². The highest BCUT2D eigenvalue weighted by molar-refractivity contribution is 5.53. The van der Waals surface area contributed by atoms with Crippen molar-refractivity contribution in [3.05, 3.63) is 23.8 Å². The van der Waals surface area contributed by atoms with Gasteiger partial charge in [-0.3, -0.25) is 0 Å². The second-order valence-corrected chi connectivity index (χ2v) is 3.47. The van der Waals surface area contributed by atoms with E-state index in [1.165, 1.54) is 6.33 Å². The van der Waals surface area contributed by atoms with Crippen LogP contribution in [0.3, 0.4) is 0 Å². The molecule has 1 aromatic heterocycles. The van der Waals surface area contributed by atoms with Crippen molar-refractivity contribution in [2.24, 2.45) is 5.92 Å². The van der Waals surface area contributed by atoms with Crippen LogP contribution in [0, 0.1) is 5.92 Å². The minimum absolute atomic E-state index is 0.383. The monoisotopic (exact) mass is 178 g/mol. The van der Waals surface area contributed by atoms with E-state index >= 15 is 0 Å². The van der Waals surface area contributed by atoms with Crippen LogP contribution in [0.2, 0.25) is 0 Å². The Labute approximate surface area is 78.2 Å². The molecule has 0 unspecified atom stereocenters. The van der Waals surface area contributed by atoms with Gasteiger partial charge in [-0.2, -0.15) is 0 Å². The van der Waals surface area contributed by atoms with Gasteiger partial charge in [-0.1, -0.05) is 13.8 Å². The minimum atomic E-state index is 0.383. The maximum atomic E-state index is 10.2. The second kappa shape index (κ2) is 4.70. The van der Waals surface area contributed by atoms with E-state index in [-0.39, 0.29) is 0 Å². The molecule has 0 saturated carbocycles. The van der Waals surface area contributed by atoms with Crippen LogP contribution >= 0.6 is 0 Å². The van der Waals surface area contributed by atoms with E-state index in [0.717, 1.165) is 24.1 Å². The summed E-state index contributed by atoms with van der Waals surface area (Å²) < 4.78 is 0. The van der Waals surface area contributed by atoms with Crippen molar-refractivity contribution in [1.82, 2.24) is 9.97 Å². The van der Waals surface area contributed by atoms with Crippen molar-refractivity contribution >= 4 is 6.29 Å². The summed E-state index contributed by atoms with van der Waals surface area (Å²) >= 11 is 0. The number of hydrogen-bond acceptors (Lipinski definition) is 3. The van der Waals surface area contributed by atoms with Gasteiger partial charge in [0.15, 0.2) is 0 Å². The van der Waals surface area contributed by atoms with Gasteiger partial charge in [-0.25, -0.2) is 9.97 Å². The van der Waals surface area contributed by atoms with Crippen LogP contribution in [0.25, 0.3) is 0 Å². The van der Waals surface area contributed by atoms with Crippen molar-refractivity contribution in [2.45, 2.75) is 26.7 Å². The van der Waals surface area contributed by atoms with Crippen LogP contribution < -0.4 is 0 Å². The molecule has 0 N–H and O–H groups in total. The lowest BCUT2D eigenvalue weighted by Crippen LogP contribution is -2.00. The average molecular weight is 178 g/mol. The number of nitrogens with zero attached hydrogens (tertiary/aromatic N) is 2. The molecule has 0 bridgehead atoms. The van der Waals surface area contributed by atoms with Gasteiger partial charge >= 0.3 is 0 Å². The summed E-state index contributed by atoms with van der Waals surface area (Å²) in [5.41, 5.74) is 1.82. The smallest absolute Gasteiger partial charge is 0.125 e. The van der Waals surface area contributed by atoms with Crippen LogP contribution in [0.4, 0.5) is 0 Å². The average Bonchev–Trinajstić information content (AvgIpc) is 2.04. The molecule has 3 nitrogen and oxygen atoms in total. The molecule has 1 rings (SSSR count). The van der Waals surface area contributed by atoms with Crippen LogP contribution in [0.1, 0.15) is 25.2 Å². The van der Waals surface area contributed by atoms with E-state index in [2.05, 4.69) is 23.8 Å². The molecule has 70 valence electrons. The van der Waals surface area contributed by atoms with Crippen LogP contribution in [-0.4, -0.2) is 16.3 Å². The van der Waals surface area contributed by atoms with E-state index in [4.69, 9.17) is 0 Å². The van der Waals surface area contributed by atoms with Gasteiger partial charge in [0.25, 0.3) is 0 Å².